The van der Waals surface area contributed by atoms with Crippen molar-refractivity contribution in [1.82, 2.24) is 14.7 Å². The zero-order valence-corrected chi connectivity index (χ0v) is 13.8. The summed E-state index contributed by atoms with van der Waals surface area (Å²) < 4.78 is 1.87. The van der Waals surface area contributed by atoms with E-state index >= 15 is 0 Å². The Labute approximate surface area is 124 Å². The third-order valence-electron chi connectivity index (χ3n) is 4.23. The lowest BCUT2D eigenvalue weighted by Crippen LogP contribution is -2.45. The van der Waals surface area contributed by atoms with Crippen LogP contribution in [-0.2, 0) is 7.05 Å². The molecule has 0 amide bonds. The fourth-order valence-corrected chi connectivity index (χ4v) is 2.71. The number of unbranched alkanes of at least 4 members (excludes halogenated alkanes) is 1. The van der Waals surface area contributed by atoms with Gasteiger partial charge in [0.25, 0.3) is 0 Å². The predicted octanol–water partition coefficient (Wildman–Crippen LogP) is 3.10. The maximum atomic E-state index is 6.44. The van der Waals surface area contributed by atoms with Crippen molar-refractivity contribution in [3.8, 4) is 0 Å². The summed E-state index contributed by atoms with van der Waals surface area (Å²) in [6.07, 6.45) is 8.66. The summed E-state index contributed by atoms with van der Waals surface area (Å²) in [6.45, 7) is 10.1. The molecule has 1 aromatic heterocycles. The molecule has 4 nitrogen and oxygen atoms in total. The van der Waals surface area contributed by atoms with Crippen LogP contribution in [0.5, 0.6) is 0 Å². The molecule has 116 valence electrons. The van der Waals surface area contributed by atoms with E-state index in [1.54, 1.807) is 0 Å². The highest BCUT2D eigenvalue weighted by Crippen LogP contribution is 2.28. The molecular weight excluding hydrogens is 248 g/mol. The monoisotopic (exact) mass is 280 g/mol. The number of aromatic nitrogens is 2. The van der Waals surface area contributed by atoms with Crippen LogP contribution in [0.4, 0.5) is 0 Å². The van der Waals surface area contributed by atoms with E-state index in [4.69, 9.17) is 5.73 Å². The lowest BCUT2D eigenvalue weighted by Gasteiger charge is -2.39. The summed E-state index contributed by atoms with van der Waals surface area (Å²) in [5.74, 6) is 0. The molecule has 2 N–H and O–H groups in total. The van der Waals surface area contributed by atoms with Crippen LogP contribution in [0.3, 0.4) is 0 Å². The molecular formula is C16H32N4. The Morgan fingerprint density at radius 2 is 2.00 bits per heavy atom. The van der Waals surface area contributed by atoms with Crippen LogP contribution in [0.2, 0.25) is 0 Å². The molecule has 0 aliphatic rings. The number of nitrogens with two attached hydrogens (primary N) is 1. The first kappa shape index (κ1) is 17.2. The minimum Gasteiger partial charge on any atom is -0.326 e. The highest BCUT2D eigenvalue weighted by atomic mass is 15.3. The van der Waals surface area contributed by atoms with Gasteiger partial charge in [-0.2, -0.15) is 5.10 Å². The largest absolute Gasteiger partial charge is 0.326 e. The van der Waals surface area contributed by atoms with Crippen molar-refractivity contribution < 1.29 is 0 Å². The third-order valence-corrected chi connectivity index (χ3v) is 4.23. The molecule has 0 aliphatic carbocycles. The molecule has 0 saturated heterocycles. The SMILES string of the molecule is CCCCN(C(C)CC)C(c1cnn(C)c1)C(N)CC. The number of hydrogen-bond acceptors (Lipinski definition) is 3. The second-order valence-electron chi connectivity index (χ2n) is 5.81. The van der Waals surface area contributed by atoms with Crippen molar-refractivity contribution >= 4 is 0 Å². The van der Waals surface area contributed by atoms with E-state index in [1.807, 2.05) is 17.9 Å². The minimum atomic E-state index is 0.157. The Balaban J connectivity index is 3.03. The van der Waals surface area contributed by atoms with Crippen LogP contribution in [0.1, 0.15) is 65.0 Å². The van der Waals surface area contributed by atoms with E-state index in [1.165, 1.54) is 18.4 Å². The Hall–Kier alpha value is -0.870. The van der Waals surface area contributed by atoms with Gasteiger partial charge in [-0.15, -0.1) is 0 Å². The molecule has 3 atom stereocenters. The summed E-state index contributed by atoms with van der Waals surface area (Å²) in [5.41, 5.74) is 7.69. The van der Waals surface area contributed by atoms with Gasteiger partial charge >= 0.3 is 0 Å². The highest BCUT2D eigenvalue weighted by Gasteiger charge is 2.29. The quantitative estimate of drug-likeness (QED) is 0.756. The van der Waals surface area contributed by atoms with Crippen LogP contribution in [0.25, 0.3) is 0 Å². The van der Waals surface area contributed by atoms with E-state index < -0.39 is 0 Å². The molecule has 4 heteroatoms. The molecule has 0 bridgehead atoms. The Morgan fingerprint density at radius 3 is 2.45 bits per heavy atom. The Bertz CT molecular complexity index is 374. The van der Waals surface area contributed by atoms with E-state index in [-0.39, 0.29) is 12.1 Å². The van der Waals surface area contributed by atoms with E-state index in [0.29, 0.717) is 6.04 Å². The fourth-order valence-electron chi connectivity index (χ4n) is 2.71. The Kier molecular flexibility index (Phi) is 7.24. The van der Waals surface area contributed by atoms with Crippen molar-refractivity contribution in [1.29, 1.82) is 0 Å². The van der Waals surface area contributed by atoms with Crippen molar-refractivity contribution in [3.05, 3.63) is 18.0 Å². The van der Waals surface area contributed by atoms with E-state index in [0.717, 1.165) is 19.4 Å². The molecule has 1 rings (SSSR count). The summed E-state index contributed by atoms with van der Waals surface area (Å²) in [4.78, 5) is 2.58. The van der Waals surface area contributed by atoms with Crippen molar-refractivity contribution in [2.75, 3.05) is 6.54 Å². The molecule has 3 unspecified atom stereocenters. The molecule has 0 aromatic carbocycles. The van der Waals surface area contributed by atoms with Crippen LogP contribution < -0.4 is 5.73 Å². The zero-order chi connectivity index (χ0) is 15.1. The second kappa shape index (κ2) is 8.42. The van der Waals surface area contributed by atoms with Gasteiger partial charge < -0.3 is 5.73 Å². The van der Waals surface area contributed by atoms with Gasteiger partial charge in [-0.3, -0.25) is 9.58 Å². The predicted molar refractivity (Wildman–Crippen MR) is 85.6 cm³/mol. The molecule has 0 radical (unpaired) electrons. The van der Waals surface area contributed by atoms with Gasteiger partial charge in [-0.1, -0.05) is 27.2 Å². The molecule has 1 aromatic rings. The molecule has 0 fully saturated rings. The third kappa shape index (κ3) is 4.32. The average molecular weight is 280 g/mol. The smallest absolute Gasteiger partial charge is 0.0538 e. The maximum Gasteiger partial charge on any atom is 0.0538 e. The lowest BCUT2D eigenvalue weighted by atomic mass is 9.96. The van der Waals surface area contributed by atoms with Crippen molar-refractivity contribution in [2.24, 2.45) is 12.8 Å². The molecule has 0 saturated carbocycles. The van der Waals surface area contributed by atoms with Gasteiger partial charge in [0.2, 0.25) is 0 Å². The average Bonchev–Trinajstić information content (AvgIpc) is 2.87. The van der Waals surface area contributed by atoms with Gasteiger partial charge in [0.15, 0.2) is 0 Å². The maximum absolute atomic E-state index is 6.44. The molecule has 1 heterocycles. The number of hydrogen-bond donors (Lipinski definition) is 1. The van der Waals surface area contributed by atoms with Crippen LogP contribution >= 0.6 is 0 Å². The van der Waals surface area contributed by atoms with Gasteiger partial charge in [-0.25, -0.2) is 0 Å². The van der Waals surface area contributed by atoms with Crippen LogP contribution in [0, 0.1) is 0 Å². The summed E-state index contributed by atoms with van der Waals surface area (Å²) in [5, 5.41) is 4.34. The highest BCUT2D eigenvalue weighted by molar-refractivity contribution is 5.14. The van der Waals surface area contributed by atoms with E-state index in [2.05, 4.69) is 43.9 Å². The van der Waals surface area contributed by atoms with Gasteiger partial charge in [0, 0.05) is 30.9 Å². The van der Waals surface area contributed by atoms with E-state index in [9.17, 15) is 0 Å². The van der Waals surface area contributed by atoms with Crippen LogP contribution in [-0.4, -0.2) is 33.3 Å². The molecule has 0 aliphatic heterocycles. The number of nitrogens with zero attached hydrogens (tertiary/aromatic N) is 3. The molecule has 0 spiro atoms. The first-order valence-corrected chi connectivity index (χ1v) is 8.04. The van der Waals surface area contributed by atoms with Crippen molar-refractivity contribution in [3.63, 3.8) is 0 Å². The standard InChI is InChI=1S/C16H32N4/c1-6-9-10-20(13(4)7-2)16(15(17)8-3)14-11-18-19(5)12-14/h11-13,15-16H,6-10,17H2,1-5H3. The van der Waals surface area contributed by atoms with Gasteiger partial charge in [-0.05, 0) is 32.7 Å². The molecule has 20 heavy (non-hydrogen) atoms. The second-order valence-corrected chi connectivity index (χ2v) is 5.81. The summed E-state index contributed by atoms with van der Waals surface area (Å²) in [6, 6.07) is 0.976. The number of rotatable bonds is 9. The first-order valence-electron chi connectivity index (χ1n) is 8.04. The van der Waals surface area contributed by atoms with Crippen LogP contribution in [0.15, 0.2) is 12.4 Å². The van der Waals surface area contributed by atoms with Crippen molar-refractivity contribution in [2.45, 2.75) is 71.5 Å². The number of aryl methyl sites for hydroxylation is 1. The first-order chi connectivity index (χ1) is 9.54. The van der Waals surface area contributed by atoms with Gasteiger partial charge in [0.1, 0.15) is 0 Å². The minimum absolute atomic E-state index is 0.157. The normalized spacial score (nSPS) is 16.4. The topological polar surface area (TPSA) is 47.1 Å². The lowest BCUT2D eigenvalue weighted by molar-refractivity contribution is 0.116. The van der Waals surface area contributed by atoms with Gasteiger partial charge in [0.05, 0.1) is 12.2 Å². The summed E-state index contributed by atoms with van der Waals surface area (Å²) in [7, 11) is 1.97. The zero-order valence-electron chi connectivity index (χ0n) is 13.8. The fraction of sp³-hybridized carbons (Fsp3) is 0.812. The Morgan fingerprint density at radius 1 is 1.30 bits per heavy atom. The summed E-state index contributed by atoms with van der Waals surface area (Å²) >= 11 is 0.